The van der Waals surface area contributed by atoms with Crippen LogP contribution in [0.4, 0.5) is 11.4 Å². The number of rotatable bonds is 5. The fourth-order valence-electron chi connectivity index (χ4n) is 1.32. The molecule has 1 rings (SSSR count). The number of carbonyl (C=O) groups excluding carboxylic acids is 2. The highest BCUT2D eigenvalue weighted by Gasteiger charge is 2.17. The highest BCUT2D eigenvalue weighted by molar-refractivity contribution is 6.04. The smallest absolute Gasteiger partial charge is 0.296 e. The number of nitrogens with one attached hydrogen (secondary N) is 1. The summed E-state index contributed by atoms with van der Waals surface area (Å²) in [6.07, 6.45) is -0.316. The highest BCUT2D eigenvalue weighted by Crippen LogP contribution is 2.28. The molecule has 1 amide bonds. The van der Waals surface area contributed by atoms with Gasteiger partial charge in [0, 0.05) is 0 Å². The van der Waals surface area contributed by atoms with Crippen LogP contribution in [0, 0.1) is 10.1 Å². The molecule has 0 saturated carbocycles. The zero-order valence-corrected chi connectivity index (χ0v) is 9.93. The molecule has 0 fully saturated rings. The van der Waals surface area contributed by atoms with E-state index in [1.807, 2.05) is 0 Å². The molecular formula is C11H12N2O5. The van der Waals surface area contributed by atoms with Gasteiger partial charge in [0.2, 0.25) is 5.91 Å². The van der Waals surface area contributed by atoms with Crippen LogP contribution in [0.3, 0.4) is 0 Å². The van der Waals surface area contributed by atoms with Crippen LogP contribution < -0.4 is 10.1 Å². The number of carbonyl (C=O) groups is 2. The molecule has 1 N–H and O–H groups in total. The average Bonchev–Trinajstić information content (AvgIpc) is 2.28. The van der Waals surface area contributed by atoms with Crippen molar-refractivity contribution in [3.63, 3.8) is 0 Å². The van der Waals surface area contributed by atoms with Crippen molar-refractivity contribution < 1.29 is 19.2 Å². The van der Waals surface area contributed by atoms with Gasteiger partial charge < -0.3 is 10.1 Å². The Morgan fingerprint density at radius 3 is 2.61 bits per heavy atom. The van der Waals surface area contributed by atoms with E-state index in [0.717, 1.165) is 0 Å². The van der Waals surface area contributed by atoms with Crippen molar-refractivity contribution in [2.45, 2.75) is 13.3 Å². The maximum Gasteiger partial charge on any atom is 0.296 e. The number of amides is 1. The van der Waals surface area contributed by atoms with Crippen LogP contribution in [0.2, 0.25) is 0 Å². The first-order valence-electron chi connectivity index (χ1n) is 5.05. The third kappa shape index (κ3) is 3.55. The van der Waals surface area contributed by atoms with Gasteiger partial charge in [-0.05, 0) is 19.1 Å². The maximum absolute atomic E-state index is 11.4. The molecule has 18 heavy (non-hydrogen) atoms. The predicted molar refractivity (Wildman–Crippen MR) is 63.6 cm³/mol. The van der Waals surface area contributed by atoms with Crippen molar-refractivity contribution in [2.24, 2.45) is 0 Å². The molecule has 0 bridgehead atoms. The first kappa shape index (κ1) is 13.6. The number of hydrogen-bond acceptors (Lipinski definition) is 5. The number of nitro groups is 1. The van der Waals surface area contributed by atoms with E-state index in [-0.39, 0.29) is 23.6 Å². The van der Waals surface area contributed by atoms with Gasteiger partial charge in [0.15, 0.2) is 0 Å². The zero-order valence-electron chi connectivity index (χ0n) is 9.93. The normalized spacial score (nSPS) is 9.67. The lowest BCUT2D eigenvalue weighted by atomic mass is 10.2. The van der Waals surface area contributed by atoms with Gasteiger partial charge in [-0.3, -0.25) is 19.7 Å². The third-order valence-electron chi connectivity index (χ3n) is 2.09. The third-order valence-corrected chi connectivity index (χ3v) is 2.09. The van der Waals surface area contributed by atoms with E-state index < -0.39 is 10.8 Å². The van der Waals surface area contributed by atoms with Crippen LogP contribution in [0.5, 0.6) is 5.75 Å². The maximum atomic E-state index is 11.4. The van der Waals surface area contributed by atoms with E-state index in [2.05, 4.69) is 5.32 Å². The number of benzene rings is 1. The Balaban J connectivity index is 2.98. The summed E-state index contributed by atoms with van der Waals surface area (Å²) in [5, 5.41) is 13.1. The summed E-state index contributed by atoms with van der Waals surface area (Å²) in [4.78, 5) is 32.3. The molecule has 1 aromatic rings. The molecule has 0 saturated heterocycles. The average molecular weight is 252 g/mol. The van der Waals surface area contributed by atoms with Gasteiger partial charge in [0.05, 0.1) is 24.5 Å². The molecule has 0 aliphatic heterocycles. The Labute approximate surface area is 103 Å². The molecule has 0 radical (unpaired) electrons. The topological polar surface area (TPSA) is 98.5 Å². The summed E-state index contributed by atoms with van der Waals surface area (Å²) in [5.41, 5.74) is -0.252. The van der Waals surface area contributed by atoms with Crippen LogP contribution in [0.15, 0.2) is 18.2 Å². The number of anilines is 1. The predicted octanol–water partition coefficient (Wildman–Crippen LogP) is 1.52. The summed E-state index contributed by atoms with van der Waals surface area (Å²) >= 11 is 0. The van der Waals surface area contributed by atoms with Gasteiger partial charge in [0.1, 0.15) is 17.2 Å². The van der Waals surface area contributed by atoms with Gasteiger partial charge in [-0.15, -0.1) is 0 Å². The van der Waals surface area contributed by atoms with Crippen LogP contribution in [0.1, 0.15) is 13.3 Å². The van der Waals surface area contributed by atoms with E-state index in [0.29, 0.717) is 5.75 Å². The number of ketones is 1. The molecule has 0 atom stereocenters. The lowest BCUT2D eigenvalue weighted by Gasteiger charge is -2.06. The lowest BCUT2D eigenvalue weighted by Crippen LogP contribution is -2.15. The molecule has 0 aliphatic carbocycles. The number of methoxy groups -OCH3 is 1. The Morgan fingerprint density at radius 1 is 1.44 bits per heavy atom. The minimum absolute atomic E-state index is 0.0343. The number of nitro benzene ring substituents is 1. The summed E-state index contributed by atoms with van der Waals surface area (Å²) in [7, 11) is 1.38. The number of ether oxygens (including phenoxy) is 1. The Bertz CT molecular complexity index is 498. The molecular weight excluding hydrogens is 240 g/mol. The van der Waals surface area contributed by atoms with Crippen molar-refractivity contribution in [2.75, 3.05) is 12.4 Å². The molecule has 0 aromatic heterocycles. The Morgan fingerprint density at radius 2 is 2.11 bits per heavy atom. The van der Waals surface area contributed by atoms with Crippen molar-refractivity contribution in [3.05, 3.63) is 28.3 Å². The number of Topliss-reactive ketones (excluding diaryl/α,β-unsaturated/α-hetero) is 1. The second-order valence-corrected chi connectivity index (χ2v) is 3.57. The van der Waals surface area contributed by atoms with Gasteiger partial charge in [-0.2, -0.15) is 0 Å². The van der Waals surface area contributed by atoms with Crippen LogP contribution in [0.25, 0.3) is 0 Å². The van der Waals surface area contributed by atoms with Crippen LogP contribution >= 0.6 is 0 Å². The fourth-order valence-corrected chi connectivity index (χ4v) is 1.32. The first-order valence-corrected chi connectivity index (χ1v) is 5.05. The van der Waals surface area contributed by atoms with Crippen LogP contribution in [-0.2, 0) is 9.59 Å². The molecule has 0 heterocycles. The fraction of sp³-hybridized carbons (Fsp3) is 0.273. The monoisotopic (exact) mass is 252 g/mol. The molecule has 7 nitrogen and oxygen atoms in total. The van der Waals surface area contributed by atoms with Crippen molar-refractivity contribution in [3.8, 4) is 5.75 Å². The quantitative estimate of drug-likeness (QED) is 0.486. The second kappa shape index (κ2) is 5.76. The SMILES string of the molecule is COc1ccc(NC(=O)CC(C)=O)c([N+](=O)[O-])c1. The molecule has 0 unspecified atom stereocenters. The first-order chi connectivity index (χ1) is 8.43. The molecule has 0 aliphatic rings. The standard InChI is InChI=1S/C11H12N2O5/c1-7(14)5-11(15)12-9-4-3-8(18-2)6-10(9)13(16)17/h3-4,6H,5H2,1-2H3,(H,12,15). The van der Waals surface area contributed by atoms with E-state index in [4.69, 9.17) is 4.74 Å². The highest BCUT2D eigenvalue weighted by atomic mass is 16.6. The summed E-state index contributed by atoms with van der Waals surface area (Å²) in [6, 6.07) is 4.04. The van der Waals surface area contributed by atoms with Gasteiger partial charge >= 0.3 is 0 Å². The Hall–Kier alpha value is -2.44. The van der Waals surface area contributed by atoms with Crippen molar-refractivity contribution in [1.82, 2.24) is 0 Å². The zero-order chi connectivity index (χ0) is 13.7. The minimum Gasteiger partial charge on any atom is -0.496 e. The van der Waals surface area contributed by atoms with E-state index in [1.165, 1.54) is 32.2 Å². The molecule has 1 aromatic carbocycles. The summed E-state index contributed by atoms with van der Waals surface area (Å²) in [6.45, 7) is 1.27. The van der Waals surface area contributed by atoms with Gasteiger partial charge in [-0.25, -0.2) is 0 Å². The Kier molecular flexibility index (Phi) is 4.36. The minimum atomic E-state index is -0.633. The molecule has 96 valence electrons. The van der Waals surface area contributed by atoms with Crippen molar-refractivity contribution >= 4 is 23.1 Å². The van der Waals surface area contributed by atoms with E-state index in [1.54, 1.807) is 0 Å². The second-order valence-electron chi connectivity index (χ2n) is 3.57. The largest absolute Gasteiger partial charge is 0.496 e. The molecule has 7 heteroatoms. The van der Waals surface area contributed by atoms with Gasteiger partial charge in [0.25, 0.3) is 5.69 Å². The van der Waals surface area contributed by atoms with E-state index in [9.17, 15) is 19.7 Å². The van der Waals surface area contributed by atoms with Gasteiger partial charge in [-0.1, -0.05) is 0 Å². The molecule has 0 spiro atoms. The van der Waals surface area contributed by atoms with Crippen LogP contribution in [-0.4, -0.2) is 23.7 Å². The summed E-state index contributed by atoms with van der Waals surface area (Å²) < 4.78 is 4.86. The van der Waals surface area contributed by atoms with Crippen molar-refractivity contribution in [1.29, 1.82) is 0 Å². The summed E-state index contributed by atoms with van der Waals surface area (Å²) in [5.74, 6) is -0.592. The van der Waals surface area contributed by atoms with E-state index >= 15 is 0 Å². The number of nitrogens with zero attached hydrogens (tertiary/aromatic N) is 1. The lowest BCUT2D eigenvalue weighted by molar-refractivity contribution is -0.384. The number of hydrogen-bond donors (Lipinski definition) is 1.